The second-order valence-electron chi connectivity index (χ2n) is 33.1. The number of aliphatic hydroxyl groups is 4. The van der Waals surface area contributed by atoms with Gasteiger partial charge in [0.05, 0.1) is 85.7 Å². The summed E-state index contributed by atoms with van der Waals surface area (Å²) < 4.78 is 52.0. The fraction of sp³-hybridized carbons (Fsp3) is 0.423. The van der Waals surface area contributed by atoms with Gasteiger partial charge in [-0.2, -0.15) is 19.9 Å². The summed E-state index contributed by atoms with van der Waals surface area (Å²) in [6.07, 6.45) is 53.9. The Morgan fingerprint density at radius 3 is 1.30 bits per heavy atom. The van der Waals surface area contributed by atoms with Crippen LogP contribution >= 0.6 is 0 Å². The maximum Gasteiger partial charge on any atom is 0.224 e. The number of rotatable bonds is 26. The third-order valence-electron chi connectivity index (χ3n) is 24.3. The molecule has 4 heterocycles. The molecule has 0 spiro atoms. The molecule has 22 nitrogen and oxygen atoms in total. The summed E-state index contributed by atoms with van der Waals surface area (Å²) in [5.74, 6) is 15.9. The molecule has 122 heavy (non-hydrogen) atoms. The van der Waals surface area contributed by atoms with E-state index in [9.17, 15) is 33.6 Å². The Morgan fingerprint density at radius 2 is 0.861 bits per heavy atom. The molecule has 4 fully saturated rings. The number of fused-ring (bicyclic) bond motifs is 4. The van der Waals surface area contributed by atoms with Gasteiger partial charge in [0, 0.05) is 62.0 Å². The molecule has 0 saturated heterocycles. The van der Waals surface area contributed by atoms with E-state index in [0.717, 1.165) is 188 Å². The highest BCUT2D eigenvalue weighted by Gasteiger charge is 2.36. The molecule has 4 aromatic carbocycles. The fourth-order valence-electron chi connectivity index (χ4n) is 17.4. The van der Waals surface area contributed by atoms with Crippen molar-refractivity contribution in [2.24, 2.45) is 5.41 Å². The SMILES string of the molecule is C#Cc1cnc(NCCC2=C(C)Cc3c(F)cc(F)cc32)nc1N[C@@H]1CC[C@H](O)C(C)(C)C1.C#Cc1cnc(NCCC2=CCc3c(OC)cccc32)nc1NC1CCC(O)CC1.C#Cc1cnc(NCCC2=CCc3cc(F)ccc32)nc1NC1CCC(O)CC1.C#Cc1cnc(NCCC2=CCc3cc(OC)ccc32)nc1NC1CCC(O)CC1. The molecule has 8 aromatic rings. The number of aromatic nitrogens is 8. The van der Waals surface area contributed by atoms with Gasteiger partial charge in [-0.15, -0.1) is 25.7 Å². The van der Waals surface area contributed by atoms with E-state index in [2.05, 4.69) is 156 Å². The maximum absolute atomic E-state index is 14.1. The van der Waals surface area contributed by atoms with Gasteiger partial charge in [0.2, 0.25) is 23.8 Å². The Labute approximate surface area is 714 Å². The smallest absolute Gasteiger partial charge is 0.224 e. The van der Waals surface area contributed by atoms with Gasteiger partial charge in [0.1, 0.15) is 52.2 Å². The minimum Gasteiger partial charge on any atom is -0.497 e. The number of allylic oxidation sites excluding steroid dienone is 4. The second-order valence-corrected chi connectivity index (χ2v) is 33.1. The maximum atomic E-state index is 14.1. The fourth-order valence-corrected chi connectivity index (χ4v) is 17.4. The lowest BCUT2D eigenvalue weighted by molar-refractivity contribution is 0.00926. The van der Waals surface area contributed by atoms with Gasteiger partial charge >= 0.3 is 0 Å². The van der Waals surface area contributed by atoms with Crippen LogP contribution in [0, 0.1) is 72.2 Å². The number of terminal acetylenes is 4. The third-order valence-corrected chi connectivity index (χ3v) is 24.3. The molecule has 0 bridgehead atoms. The number of methoxy groups -OCH3 is 2. The zero-order valence-electron chi connectivity index (χ0n) is 70.2. The Bertz CT molecular complexity index is 5350. The summed E-state index contributed by atoms with van der Waals surface area (Å²) in [5.41, 5.74) is 16.7. The van der Waals surface area contributed by atoms with Gasteiger partial charge in [-0.1, -0.05) is 85.6 Å². The minimum atomic E-state index is -0.561. The summed E-state index contributed by atoms with van der Waals surface area (Å²) >= 11 is 0. The van der Waals surface area contributed by atoms with Gasteiger partial charge in [-0.25, -0.2) is 33.1 Å². The number of aliphatic hydroxyl groups excluding tert-OH is 4. The van der Waals surface area contributed by atoms with E-state index in [1.54, 1.807) is 45.1 Å². The van der Waals surface area contributed by atoms with Crippen LogP contribution in [0.15, 0.2) is 115 Å². The monoisotopic (exact) mass is 1650 g/mol. The number of hydrogen-bond acceptors (Lipinski definition) is 22. The van der Waals surface area contributed by atoms with Gasteiger partial charge < -0.3 is 72.4 Å². The van der Waals surface area contributed by atoms with Gasteiger partial charge in [0.15, 0.2) is 0 Å². The highest BCUT2D eigenvalue weighted by atomic mass is 19.1. The Morgan fingerprint density at radius 1 is 0.443 bits per heavy atom. The number of nitrogens with zero attached hydrogens (tertiary/aromatic N) is 8. The predicted molar refractivity (Wildman–Crippen MR) is 479 cm³/mol. The predicted octanol–water partition coefficient (Wildman–Crippen LogP) is 15.9. The van der Waals surface area contributed by atoms with Crippen molar-refractivity contribution < 1.29 is 43.1 Å². The molecule has 0 unspecified atom stereocenters. The van der Waals surface area contributed by atoms with Crippen molar-refractivity contribution in [3.63, 3.8) is 0 Å². The average molecular weight is 1650 g/mol. The molecule has 8 aliphatic rings. The Balaban J connectivity index is 0.000000140. The first-order valence-corrected chi connectivity index (χ1v) is 42.6. The van der Waals surface area contributed by atoms with Crippen molar-refractivity contribution in [1.82, 2.24) is 39.9 Å². The van der Waals surface area contributed by atoms with Crippen molar-refractivity contribution in [3.8, 4) is 60.9 Å². The molecule has 2 atom stereocenters. The van der Waals surface area contributed by atoms with Crippen molar-refractivity contribution in [2.75, 3.05) is 82.9 Å². The van der Waals surface area contributed by atoms with Crippen molar-refractivity contribution >= 4 is 69.4 Å². The number of benzene rings is 4. The van der Waals surface area contributed by atoms with Crippen molar-refractivity contribution in [2.45, 2.75) is 217 Å². The van der Waals surface area contributed by atoms with Crippen LogP contribution in [0.4, 0.5) is 60.2 Å². The van der Waals surface area contributed by atoms with Crippen molar-refractivity contribution in [3.05, 3.63) is 200 Å². The zero-order chi connectivity index (χ0) is 85.8. The minimum absolute atomic E-state index is 0.158. The lowest BCUT2D eigenvalue weighted by atomic mass is 9.73. The molecular formula is C97H111F3N16O6. The first-order valence-electron chi connectivity index (χ1n) is 42.6. The van der Waals surface area contributed by atoms with Crippen LogP contribution in [-0.2, 0) is 25.7 Å². The topological polar surface area (TPSA) is 299 Å². The number of halogens is 3. The van der Waals surface area contributed by atoms with E-state index in [4.69, 9.17) is 35.2 Å². The molecule has 0 aliphatic heterocycles. The van der Waals surface area contributed by atoms with E-state index in [1.807, 2.05) is 31.2 Å². The molecule has 0 amide bonds. The number of anilines is 8. The summed E-state index contributed by atoms with van der Waals surface area (Å²) in [7, 11) is 3.41. The summed E-state index contributed by atoms with van der Waals surface area (Å²) in [6.45, 7) is 8.74. The van der Waals surface area contributed by atoms with Crippen LogP contribution in [0.5, 0.6) is 11.5 Å². The first-order chi connectivity index (χ1) is 59.1. The largest absolute Gasteiger partial charge is 0.497 e. The van der Waals surface area contributed by atoms with Crippen LogP contribution in [-0.4, -0.2) is 149 Å². The standard InChI is InChI=1S/C26H30F2N4O.2C24H28N4O2.C23H25FN4O/c1-5-16-14-30-25(32-24(16)31-18-6-7-23(33)26(3,4)13-18)29-9-8-19-15(2)10-21-20(19)11-17(27)12-22(21)28;1-3-16-15-26-24(28-23(16)27-19-6-8-20(29)9-7-19)25-13-12-17-4-5-18-14-21(30-2)10-11-22(17)18;1-3-16-15-26-24(28-23(16)27-18-8-10-19(29)11-9-18)25-14-13-17-7-12-21-20(17)5-4-6-22(21)30-2;1-2-15-14-26-23(28-22(15)27-19-6-8-20(29)9-7-19)25-12-11-16-3-4-17-13-18(24)5-10-21(16)17/h1,11-12,14,18,23,33H,6-10,13H2,2-4H3,(H2,29,30,31,32);1,4,10-11,14-15,19-20,29H,5-9,12-13H2,2H3,(H2,25,26,27,28);1,4-7,15,18-19,29H,8-14H2,2H3,(H2,25,26,27,28);1,3,5,10,13-14,19-20,29H,4,6-9,11-12H2,(H2,25,26,27,28)/t18-,23+;;;/m1.../s1. The molecule has 4 saturated carbocycles. The van der Waals surface area contributed by atoms with E-state index in [0.29, 0.717) is 106 Å². The third kappa shape index (κ3) is 22.8. The molecular weight excluding hydrogens is 1540 g/mol. The van der Waals surface area contributed by atoms with E-state index >= 15 is 0 Å². The lowest BCUT2D eigenvalue weighted by Gasteiger charge is -2.40. The zero-order valence-corrected chi connectivity index (χ0v) is 70.2. The molecule has 4 aromatic heterocycles. The summed E-state index contributed by atoms with van der Waals surface area (Å²) in [5, 5.41) is 66.2. The highest BCUT2D eigenvalue weighted by molar-refractivity contribution is 5.78. The quantitative estimate of drug-likeness (QED) is 0.0224. The molecule has 0 radical (unpaired) electrons. The molecule has 25 heteroatoms. The van der Waals surface area contributed by atoms with Crippen LogP contribution in [0.2, 0.25) is 0 Å². The van der Waals surface area contributed by atoms with Crippen molar-refractivity contribution in [1.29, 1.82) is 0 Å². The van der Waals surface area contributed by atoms with Gasteiger partial charge in [-0.3, -0.25) is 0 Å². The number of nitrogens with one attached hydrogen (secondary N) is 8. The van der Waals surface area contributed by atoms with Crippen LogP contribution in [0.3, 0.4) is 0 Å². The van der Waals surface area contributed by atoms with E-state index in [-0.39, 0.29) is 59.8 Å². The Kier molecular flexibility index (Phi) is 29.9. The first kappa shape index (κ1) is 87.8. The van der Waals surface area contributed by atoms with E-state index in [1.165, 1.54) is 51.1 Å². The summed E-state index contributed by atoms with van der Waals surface area (Å²) in [6, 6.07) is 20.7. The van der Waals surface area contributed by atoms with Gasteiger partial charge in [-0.05, 0) is 258 Å². The van der Waals surface area contributed by atoms with Crippen LogP contribution in [0.1, 0.15) is 210 Å². The molecule has 8 aliphatic carbocycles. The average Bonchev–Trinajstić information content (AvgIpc) is 1.65. The Hall–Kier alpha value is -12.0. The second kappa shape index (κ2) is 41.5. The lowest BCUT2D eigenvalue weighted by Crippen LogP contribution is -2.41. The number of ether oxygens (including phenoxy) is 2. The van der Waals surface area contributed by atoms with Gasteiger partial charge in [0.25, 0.3) is 0 Å². The number of hydrogen-bond donors (Lipinski definition) is 12. The van der Waals surface area contributed by atoms with Crippen LogP contribution in [0.25, 0.3) is 22.3 Å². The summed E-state index contributed by atoms with van der Waals surface area (Å²) in [4.78, 5) is 35.8. The normalized spacial score (nSPS) is 20.6. The van der Waals surface area contributed by atoms with E-state index < -0.39 is 11.6 Å². The highest BCUT2D eigenvalue weighted by Crippen LogP contribution is 2.41. The van der Waals surface area contributed by atoms with Crippen LogP contribution < -0.4 is 52.0 Å². The molecule has 636 valence electrons. The molecule has 16 rings (SSSR count). The molecule has 12 N–H and O–H groups in total.